The highest BCUT2D eigenvalue weighted by Gasteiger charge is 2.35. The molecule has 0 aromatic heterocycles. The molecule has 1 unspecified atom stereocenters. The van der Waals surface area contributed by atoms with Gasteiger partial charge in [0.15, 0.2) is 0 Å². The summed E-state index contributed by atoms with van der Waals surface area (Å²) in [6, 6.07) is 4.84. The molecule has 16 heavy (non-hydrogen) atoms. The van der Waals surface area contributed by atoms with Crippen LogP contribution in [0.25, 0.3) is 0 Å². The van der Waals surface area contributed by atoms with Crippen molar-refractivity contribution >= 4 is 17.5 Å². The van der Waals surface area contributed by atoms with Gasteiger partial charge in [-0.3, -0.25) is 9.59 Å². The first-order valence-electron chi connectivity index (χ1n) is 4.96. The van der Waals surface area contributed by atoms with Crippen molar-refractivity contribution in [3.05, 3.63) is 29.3 Å². The molecule has 2 rings (SSSR count). The fourth-order valence-corrected chi connectivity index (χ4v) is 1.91. The Kier molecular flexibility index (Phi) is 2.40. The van der Waals surface area contributed by atoms with Crippen LogP contribution in [0.5, 0.6) is 0 Å². The summed E-state index contributed by atoms with van der Waals surface area (Å²) in [5.74, 6) is -0.826. The minimum Gasteiger partial charge on any atom is -0.368 e. The minimum atomic E-state index is -0.686. The first-order valence-corrected chi connectivity index (χ1v) is 4.96. The van der Waals surface area contributed by atoms with Gasteiger partial charge in [-0.15, -0.1) is 0 Å². The number of anilines is 1. The van der Waals surface area contributed by atoms with Gasteiger partial charge in [-0.05, 0) is 13.0 Å². The van der Waals surface area contributed by atoms with E-state index in [1.54, 1.807) is 6.07 Å². The second-order valence-electron chi connectivity index (χ2n) is 3.93. The molecule has 0 fully saturated rings. The smallest absolute Gasteiger partial charge is 0.249 e. The van der Waals surface area contributed by atoms with Crippen LogP contribution in [0.2, 0.25) is 0 Å². The molecule has 84 valence electrons. The minimum absolute atomic E-state index is 0.122. The molecule has 1 aliphatic rings. The fraction of sp³-hybridized carbons (Fsp3) is 0.273. The molecule has 1 aliphatic heterocycles. The summed E-state index contributed by atoms with van der Waals surface area (Å²) in [5, 5.41) is 0. The average Bonchev–Trinajstić information content (AvgIpc) is 2.43. The fourth-order valence-electron chi connectivity index (χ4n) is 1.91. The summed E-state index contributed by atoms with van der Waals surface area (Å²) in [5.41, 5.74) is 13.3. The van der Waals surface area contributed by atoms with Crippen LogP contribution in [0.15, 0.2) is 18.2 Å². The van der Waals surface area contributed by atoms with E-state index in [0.29, 0.717) is 5.69 Å². The van der Waals surface area contributed by atoms with Crippen molar-refractivity contribution in [2.45, 2.75) is 13.0 Å². The Labute approximate surface area is 93.0 Å². The third-order valence-corrected chi connectivity index (χ3v) is 2.65. The van der Waals surface area contributed by atoms with Crippen molar-refractivity contribution < 1.29 is 9.59 Å². The van der Waals surface area contributed by atoms with Gasteiger partial charge in [0.1, 0.15) is 12.6 Å². The lowest BCUT2D eigenvalue weighted by Crippen LogP contribution is -2.38. The van der Waals surface area contributed by atoms with Crippen LogP contribution in [-0.2, 0) is 9.59 Å². The number of carbonyl (C=O) groups excluding carboxylic acids is 2. The van der Waals surface area contributed by atoms with E-state index in [0.717, 1.165) is 11.1 Å². The molecule has 0 saturated heterocycles. The highest BCUT2D eigenvalue weighted by atomic mass is 16.2. The Morgan fingerprint density at radius 2 is 2.19 bits per heavy atom. The molecule has 0 radical (unpaired) electrons. The van der Waals surface area contributed by atoms with Crippen molar-refractivity contribution in [3.8, 4) is 0 Å². The van der Waals surface area contributed by atoms with Gasteiger partial charge < -0.3 is 16.4 Å². The van der Waals surface area contributed by atoms with Crippen LogP contribution in [0, 0.1) is 6.92 Å². The summed E-state index contributed by atoms with van der Waals surface area (Å²) in [6.45, 7) is 1.80. The van der Waals surface area contributed by atoms with Gasteiger partial charge in [0, 0.05) is 11.3 Å². The molecule has 0 saturated carbocycles. The van der Waals surface area contributed by atoms with Crippen LogP contribution < -0.4 is 16.4 Å². The molecular weight excluding hydrogens is 206 g/mol. The van der Waals surface area contributed by atoms with E-state index in [1.165, 1.54) is 4.90 Å². The van der Waals surface area contributed by atoms with Gasteiger partial charge in [-0.2, -0.15) is 0 Å². The predicted molar refractivity (Wildman–Crippen MR) is 59.7 cm³/mol. The summed E-state index contributed by atoms with van der Waals surface area (Å²) >= 11 is 0. The number of primary amides is 1. The highest BCUT2D eigenvalue weighted by molar-refractivity contribution is 6.07. The number of benzene rings is 1. The number of rotatable bonds is 2. The lowest BCUT2D eigenvalue weighted by atomic mass is 10.1. The van der Waals surface area contributed by atoms with Crippen molar-refractivity contribution in [2.75, 3.05) is 11.4 Å². The number of hydrogen-bond acceptors (Lipinski definition) is 3. The molecule has 5 heteroatoms. The molecule has 4 N–H and O–H groups in total. The maximum absolute atomic E-state index is 11.8. The topological polar surface area (TPSA) is 89.4 Å². The van der Waals surface area contributed by atoms with Crippen molar-refractivity contribution in [1.29, 1.82) is 0 Å². The monoisotopic (exact) mass is 219 g/mol. The number of hydrogen-bond donors (Lipinski definition) is 2. The number of nitrogens with zero attached hydrogens (tertiary/aromatic N) is 1. The standard InChI is InChI=1S/C11H13N3O2/c1-6-2-3-8-7(4-6)10(13)11(16)14(8)5-9(12)15/h2-4,10H,5,13H2,1H3,(H2,12,15). The van der Waals surface area contributed by atoms with Gasteiger partial charge in [0.2, 0.25) is 11.8 Å². The summed E-state index contributed by atoms with van der Waals surface area (Å²) in [7, 11) is 0. The Bertz CT molecular complexity index is 470. The summed E-state index contributed by atoms with van der Waals surface area (Å²) in [6.07, 6.45) is 0. The molecular formula is C11H13N3O2. The number of amides is 2. The van der Waals surface area contributed by atoms with E-state index in [2.05, 4.69) is 0 Å². The van der Waals surface area contributed by atoms with Gasteiger partial charge in [0.05, 0.1) is 0 Å². The van der Waals surface area contributed by atoms with Crippen LogP contribution in [0.4, 0.5) is 5.69 Å². The first kappa shape index (κ1) is 10.6. The Morgan fingerprint density at radius 1 is 1.50 bits per heavy atom. The predicted octanol–water partition coefficient (Wildman–Crippen LogP) is -0.173. The summed E-state index contributed by atoms with van der Waals surface area (Å²) in [4.78, 5) is 24.0. The molecule has 0 spiro atoms. The van der Waals surface area contributed by atoms with Crippen molar-refractivity contribution in [3.63, 3.8) is 0 Å². The van der Waals surface area contributed by atoms with E-state index in [4.69, 9.17) is 11.5 Å². The van der Waals surface area contributed by atoms with Crippen molar-refractivity contribution in [1.82, 2.24) is 0 Å². The maximum Gasteiger partial charge on any atom is 0.249 e. The molecule has 2 amide bonds. The normalized spacial score (nSPS) is 18.8. The Hall–Kier alpha value is -1.88. The molecule has 0 bridgehead atoms. The number of nitrogens with two attached hydrogens (primary N) is 2. The largest absolute Gasteiger partial charge is 0.368 e. The summed E-state index contributed by atoms with van der Waals surface area (Å²) < 4.78 is 0. The number of fused-ring (bicyclic) bond motifs is 1. The maximum atomic E-state index is 11.8. The molecule has 0 aliphatic carbocycles. The van der Waals surface area contributed by atoms with Gasteiger partial charge in [0.25, 0.3) is 0 Å². The molecule has 1 aromatic carbocycles. The van der Waals surface area contributed by atoms with E-state index in [9.17, 15) is 9.59 Å². The van der Waals surface area contributed by atoms with Crippen molar-refractivity contribution in [2.24, 2.45) is 11.5 Å². The Morgan fingerprint density at radius 3 is 2.81 bits per heavy atom. The van der Waals surface area contributed by atoms with E-state index in [1.807, 2.05) is 19.1 Å². The van der Waals surface area contributed by atoms with Crippen LogP contribution >= 0.6 is 0 Å². The van der Waals surface area contributed by atoms with E-state index in [-0.39, 0.29) is 12.5 Å². The molecule has 5 nitrogen and oxygen atoms in total. The molecule has 1 heterocycles. The first-order chi connectivity index (χ1) is 7.50. The Balaban J connectivity index is 2.45. The van der Waals surface area contributed by atoms with E-state index < -0.39 is 11.9 Å². The van der Waals surface area contributed by atoms with Crippen LogP contribution in [0.3, 0.4) is 0 Å². The number of carbonyl (C=O) groups is 2. The zero-order valence-corrected chi connectivity index (χ0v) is 8.93. The average molecular weight is 219 g/mol. The van der Waals surface area contributed by atoms with Crippen LogP contribution in [-0.4, -0.2) is 18.4 Å². The molecule has 1 atom stereocenters. The lowest BCUT2D eigenvalue weighted by molar-refractivity contribution is -0.122. The van der Waals surface area contributed by atoms with Crippen LogP contribution in [0.1, 0.15) is 17.2 Å². The van der Waals surface area contributed by atoms with Gasteiger partial charge in [-0.25, -0.2) is 0 Å². The van der Waals surface area contributed by atoms with Gasteiger partial charge >= 0.3 is 0 Å². The van der Waals surface area contributed by atoms with Gasteiger partial charge in [-0.1, -0.05) is 17.7 Å². The third kappa shape index (κ3) is 1.55. The zero-order chi connectivity index (χ0) is 11.9. The quantitative estimate of drug-likeness (QED) is 0.723. The van der Waals surface area contributed by atoms with E-state index >= 15 is 0 Å². The number of aryl methyl sites for hydroxylation is 1. The second kappa shape index (κ2) is 3.61. The SMILES string of the molecule is Cc1ccc2c(c1)C(N)C(=O)N2CC(N)=O. The lowest BCUT2D eigenvalue weighted by Gasteiger charge is -2.15. The molecule has 1 aromatic rings. The third-order valence-electron chi connectivity index (χ3n) is 2.65. The highest BCUT2D eigenvalue weighted by Crippen LogP contribution is 2.34. The second-order valence-corrected chi connectivity index (χ2v) is 3.93. The zero-order valence-electron chi connectivity index (χ0n) is 8.93.